The quantitative estimate of drug-likeness (QED) is 0.665. The van der Waals surface area contributed by atoms with E-state index < -0.39 is 21.0 Å². The standard InChI is InChI=1S/C13H21N3O3S/c1-11(20(2,18)19)13(17)16-8-4-7-15-10-12-5-3-6-14-9-12/h3,5-6,9,11,15H,4,7-8,10H2,1-2H3,(H,16,17). The second kappa shape index (κ2) is 7.96. The minimum Gasteiger partial charge on any atom is -0.355 e. The lowest BCUT2D eigenvalue weighted by atomic mass is 10.3. The summed E-state index contributed by atoms with van der Waals surface area (Å²) in [5, 5.41) is 4.85. The molecule has 1 atom stereocenters. The van der Waals surface area contributed by atoms with Crippen molar-refractivity contribution >= 4 is 15.7 Å². The second-order valence-electron chi connectivity index (χ2n) is 4.65. The molecule has 0 aliphatic rings. The smallest absolute Gasteiger partial charge is 0.238 e. The van der Waals surface area contributed by atoms with E-state index in [1.165, 1.54) is 6.92 Å². The molecular weight excluding hydrogens is 278 g/mol. The van der Waals surface area contributed by atoms with Gasteiger partial charge in [0.1, 0.15) is 5.25 Å². The molecule has 0 fully saturated rings. The molecule has 0 saturated carbocycles. The van der Waals surface area contributed by atoms with E-state index in [1.807, 2.05) is 12.1 Å². The van der Waals surface area contributed by atoms with Crippen LogP contribution in [-0.2, 0) is 21.2 Å². The summed E-state index contributed by atoms with van der Waals surface area (Å²) in [5.74, 6) is -0.445. The van der Waals surface area contributed by atoms with Crippen LogP contribution < -0.4 is 10.6 Å². The van der Waals surface area contributed by atoms with Gasteiger partial charge in [-0.15, -0.1) is 0 Å². The van der Waals surface area contributed by atoms with Crippen LogP contribution in [0.5, 0.6) is 0 Å². The van der Waals surface area contributed by atoms with Crippen molar-refractivity contribution in [2.45, 2.75) is 25.1 Å². The number of aromatic nitrogens is 1. The van der Waals surface area contributed by atoms with E-state index >= 15 is 0 Å². The van der Waals surface area contributed by atoms with Crippen molar-refractivity contribution in [3.8, 4) is 0 Å². The van der Waals surface area contributed by atoms with Crippen LogP contribution in [0, 0.1) is 0 Å². The highest BCUT2D eigenvalue weighted by Crippen LogP contribution is 1.97. The molecule has 2 N–H and O–H groups in total. The van der Waals surface area contributed by atoms with Crippen LogP contribution >= 0.6 is 0 Å². The van der Waals surface area contributed by atoms with Crippen molar-refractivity contribution in [1.82, 2.24) is 15.6 Å². The summed E-state index contributed by atoms with van der Waals surface area (Å²) in [6.45, 7) is 3.31. The van der Waals surface area contributed by atoms with E-state index in [1.54, 1.807) is 12.4 Å². The van der Waals surface area contributed by atoms with Crippen LogP contribution in [0.3, 0.4) is 0 Å². The van der Waals surface area contributed by atoms with Gasteiger partial charge in [0.2, 0.25) is 5.91 Å². The number of amides is 1. The molecule has 1 aromatic heterocycles. The van der Waals surface area contributed by atoms with Gasteiger partial charge in [-0.3, -0.25) is 9.78 Å². The van der Waals surface area contributed by atoms with Crippen LogP contribution in [0.4, 0.5) is 0 Å². The Bertz CT molecular complexity index is 517. The zero-order chi connectivity index (χ0) is 15.0. The maximum atomic E-state index is 11.5. The highest BCUT2D eigenvalue weighted by Gasteiger charge is 2.22. The van der Waals surface area contributed by atoms with Gasteiger partial charge in [0.05, 0.1) is 0 Å². The summed E-state index contributed by atoms with van der Waals surface area (Å²) in [4.78, 5) is 15.5. The predicted molar refractivity (Wildman–Crippen MR) is 77.9 cm³/mol. The largest absolute Gasteiger partial charge is 0.355 e. The lowest BCUT2D eigenvalue weighted by molar-refractivity contribution is -0.120. The lowest BCUT2D eigenvalue weighted by Gasteiger charge is -2.10. The zero-order valence-corrected chi connectivity index (χ0v) is 12.6. The first-order valence-electron chi connectivity index (χ1n) is 6.47. The van der Waals surface area contributed by atoms with Gasteiger partial charge in [-0.2, -0.15) is 0 Å². The van der Waals surface area contributed by atoms with Crippen LogP contribution in [-0.4, -0.2) is 43.9 Å². The number of sulfone groups is 1. The Morgan fingerprint density at radius 3 is 2.75 bits per heavy atom. The molecule has 1 rings (SSSR count). The van der Waals surface area contributed by atoms with Gasteiger partial charge in [0.15, 0.2) is 9.84 Å². The highest BCUT2D eigenvalue weighted by atomic mass is 32.2. The third-order valence-corrected chi connectivity index (χ3v) is 4.39. The van der Waals surface area contributed by atoms with Crippen molar-refractivity contribution in [3.05, 3.63) is 30.1 Å². The van der Waals surface area contributed by atoms with Gasteiger partial charge < -0.3 is 10.6 Å². The Kier molecular flexibility index (Phi) is 6.60. The number of carbonyl (C=O) groups is 1. The minimum absolute atomic E-state index is 0.445. The zero-order valence-electron chi connectivity index (χ0n) is 11.8. The van der Waals surface area contributed by atoms with E-state index in [-0.39, 0.29) is 0 Å². The van der Waals surface area contributed by atoms with Gasteiger partial charge >= 0.3 is 0 Å². The molecule has 1 unspecified atom stereocenters. The normalized spacial score (nSPS) is 12.9. The van der Waals surface area contributed by atoms with Crippen LogP contribution in [0.1, 0.15) is 18.9 Å². The molecule has 0 bridgehead atoms. The number of hydrogen-bond donors (Lipinski definition) is 2. The number of pyridine rings is 1. The van der Waals surface area contributed by atoms with Crippen molar-refractivity contribution in [1.29, 1.82) is 0 Å². The molecule has 0 saturated heterocycles. The fourth-order valence-electron chi connectivity index (χ4n) is 1.50. The molecule has 1 aromatic rings. The summed E-state index contributed by atoms with van der Waals surface area (Å²) < 4.78 is 22.4. The van der Waals surface area contributed by atoms with Crippen molar-refractivity contribution in [2.75, 3.05) is 19.3 Å². The van der Waals surface area contributed by atoms with Crippen molar-refractivity contribution in [3.63, 3.8) is 0 Å². The average molecular weight is 299 g/mol. The average Bonchev–Trinajstić information content (AvgIpc) is 2.41. The molecule has 0 aliphatic carbocycles. The molecular formula is C13H21N3O3S. The second-order valence-corrected chi connectivity index (χ2v) is 7.02. The number of nitrogens with zero attached hydrogens (tertiary/aromatic N) is 1. The number of carbonyl (C=O) groups excluding carboxylic acids is 1. The Morgan fingerprint density at radius 2 is 2.15 bits per heavy atom. The Balaban J connectivity index is 2.12. The first-order chi connectivity index (χ1) is 9.41. The summed E-state index contributed by atoms with van der Waals surface area (Å²) in [6, 6.07) is 3.86. The van der Waals surface area contributed by atoms with E-state index in [2.05, 4.69) is 15.6 Å². The molecule has 1 amide bonds. The van der Waals surface area contributed by atoms with Crippen LogP contribution in [0.15, 0.2) is 24.5 Å². The summed E-state index contributed by atoms with van der Waals surface area (Å²) in [6.07, 6.45) is 5.32. The maximum Gasteiger partial charge on any atom is 0.238 e. The molecule has 0 aromatic carbocycles. The monoisotopic (exact) mass is 299 g/mol. The minimum atomic E-state index is -3.32. The third kappa shape index (κ3) is 6.12. The fraction of sp³-hybridized carbons (Fsp3) is 0.538. The van der Waals surface area contributed by atoms with E-state index in [9.17, 15) is 13.2 Å². The summed E-state index contributed by atoms with van der Waals surface area (Å²) in [5.41, 5.74) is 1.10. The summed E-state index contributed by atoms with van der Waals surface area (Å²) >= 11 is 0. The van der Waals surface area contributed by atoms with Crippen molar-refractivity contribution in [2.24, 2.45) is 0 Å². The first kappa shape index (κ1) is 16.6. The van der Waals surface area contributed by atoms with E-state index in [0.717, 1.165) is 31.3 Å². The molecule has 112 valence electrons. The number of hydrogen-bond acceptors (Lipinski definition) is 5. The van der Waals surface area contributed by atoms with E-state index in [0.29, 0.717) is 6.54 Å². The molecule has 0 radical (unpaired) electrons. The topological polar surface area (TPSA) is 88.2 Å². The Hall–Kier alpha value is -1.47. The molecule has 6 nitrogen and oxygen atoms in total. The number of rotatable bonds is 8. The van der Waals surface area contributed by atoms with E-state index in [4.69, 9.17) is 0 Å². The van der Waals surface area contributed by atoms with Gasteiger partial charge in [-0.1, -0.05) is 6.07 Å². The summed E-state index contributed by atoms with van der Waals surface area (Å²) in [7, 11) is -3.32. The van der Waals surface area contributed by atoms with Gasteiger partial charge in [0.25, 0.3) is 0 Å². The molecule has 20 heavy (non-hydrogen) atoms. The molecule has 1 heterocycles. The van der Waals surface area contributed by atoms with Gasteiger partial charge in [-0.25, -0.2) is 8.42 Å². The number of nitrogens with one attached hydrogen (secondary N) is 2. The molecule has 0 aliphatic heterocycles. The third-order valence-electron chi connectivity index (χ3n) is 2.89. The van der Waals surface area contributed by atoms with Crippen LogP contribution in [0.25, 0.3) is 0 Å². The van der Waals surface area contributed by atoms with Gasteiger partial charge in [-0.05, 0) is 31.5 Å². The lowest BCUT2D eigenvalue weighted by Crippen LogP contribution is -2.38. The SMILES string of the molecule is CC(C(=O)NCCCNCc1cccnc1)S(C)(=O)=O. The highest BCUT2D eigenvalue weighted by molar-refractivity contribution is 7.92. The van der Waals surface area contributed by atoms with Crippen molar-refractivity contribution < 1.29 is 13.2 Å². The fourth-order valence-corrected chi connectivity index (χ4v) is 1.97. The predicted octanol–water partition coefficient (Wildman–Crippen LogP) is 0.111. The maximum absolute atomic E-state index is 11.5. The van der Waals surface area contributed by atoms with Gasteiger partial charge in [0, 0.05) is 31.7 Å². The molecule has 7 heteroatoms. The molecule has 0 spiro atoms. The van der Waals surface area contributed by atoms with Crippen LogP contribution in [0.2, 0.25) is 0 Å². The first-order valence-corrected chi connectivity index (χ1v) is 8.43. The Morgan fingerprint density at radius 1 is 1.40 bits per heavy atom. The Labute approximate surface area is 119 Å².